The van der Waals surface area contributed by atoms with Crippen molar-refractivity contribution in [2.75, 3.05) is 23.9 Å². The predicted octanol–water partition coefficient (Wildman–Crippen LogP) is 13.3. The minimum atomic E-state index is -0.778. The van der Waals surface area contributed by atoms with Gasteiger partial charge in [0.1, 0.15) is 5.78 Å². The number of aliphatic hydroxyl groups is 2. The summed E-state index contributed by atoms with van der Waals surface area (Å²) >= 11 is 10.6. The Morgan fingerprint density at radius 3 is 1.51 bits per heavy atom. The van der Waals surface area contributed by atoms with Gasteiger partial charge in [0.15, 0.2) is 40.9 Å². The molecule has 8 fully saturated rings. The Balaban J connectivity index is 0.000000890. The van der Waals surface area contributed by atoms with Crippen LogP contribution in [0.5, 0.6) is 0 Å². The molecule has 8 heterocycles. The molecule has 0 amide bonds. The number of hydrogen-bond donors (Lipinski definition) is 3. The molecule has 8 aliphatic heterocycles. The Morgan fingerprint density at radius 1 is 0.575 bits per heavy atom. The number of aliphatic hydroxyl groups excluding tert-OH is 1. The normalized spacial score (nSPS) is 27.8. The number of aliphatic carboxylic acids is 1. The second-order valence-corrected chi connectivity index (χ2v) is 33.4. The zero-order chi connectivity index (χ0) is 60.0. The summed E-state index contributed by atoms with van der Waals surface area (Å²) < 4.78 is 0.0156. The lowest BCUT2D eigenvalue weighted by Crippen LogP contribution is -2.31. The van der Waals surface area contributed by atoms with Crippen LogP contribution in [0.3, 0.4) is 0 Å². The van der Waals surface area contributed by atoms with Crippen LogP contribution in [0.2, 0.25) is 0 Å². The number of carboxylic acid groups (broad SMARTS) is 1. The molecule has 14 nitrogen and oxygen atoms in total. The number of rotatable bonds is 7. The number of carbonyl (C=O) groups is 11. The van der Waals surface area contributed by atoms with Gasteiger partial charge in [-0.2, -0.15) is 13.5 Å². The van der Waals surface area contributed by atoms with Gasteiger partial charge in [0.2, 0.25) is 5.12 Å². The van der Waals surface area contributed by atoms with Gasteiger partial charge in [0.25, 0.3) is 0 Å². The Kier molecular flexibility index (Phi) is 41.0. The van der Waals surface area contributed by atoms with E-state index in [1.807, 2.05) is 27.7 Å². The van der Waals surface area contributed by atoms with Crippen LogP contribution in [0.25, 0.3) is 0 Å². The van der Waals surface area contributed by atoms with Crippen LogP contribution in [0.4, 0.5) is 0 Å². The number of carbonyl (C=O) groups excluding carboxylic acids is 10. The molecule has 0 aromatic rings. The molecule has 0 aromatic heterocycles. The zero-order valence-corrected chi connectivity index (χ0v) is 56.6. The average Bonchev–Trinajstić information content (AvgIpc) is 3.33. The summed E-state index contributed by atoms with van der Waals surface area (Å²) in [5.74, 6) is 2.80. The topological polar surface area (TPSA) is 248 Å². The van der Waals surface area contributed by atoms with Crippen molar-refractivity contribution in [2.45, 2.75) is 243 Å². The van der Waals surface area contributed by atoms with Crippen molar-refractivity contribution in [3.05, 3.63) is 0 Å². The standard InChI is InChI=1S/3C8H14OS.2C7H10O2S.C7H12O2S.C6H8O3S.C6H10O2S.H2S/c1-6-4-5-7(9)10-8(6,2)3;1-2-4-7-5-3-6-8(9)10-7;1-2-3-7-4-5-8(9)10-6-7;1-7(2)4-5(8)3-6(9)10-7;1-7(2)4-3-5(8)10-6(7)9;8-5-4-6-2-1-3-7(9)10-6;7-5-2-1-4(3-10-5)6(8)9;1-6(8)2-3-9-5(7)4-6;/h6H,4-5H2,1-3H3;2*7H,2-6H2,1H3;2*3-4H2,1-2H3;6,8H,1-5H2;4H,1-3H2,(H,8,9);8H,2-4H2,1H3;1H2/t;7-;;;;;;;/m.0......./s1. The Morgan fingerprint density at radius 2 is 1.12 bits per heavy atom. The van der Waals surface area contributed by atoms with Gasteiger partial charge < -0.3 is 15.3 Å². The van der Waals surface area contributed by atoms with Crippen LogP contribution < -0.4 is 0 Å². The highest BCUT2D eigenvalue weighted by Crippen LogP contribution is 2.41. The van der Waals surface area contributed by atoms with Crippen LogP contribution in [-0.2, 0) is 52.7 Å². The van der Waals surface area contributed by atoms with E-state index in [-0.39, 0.29) is 78.7 Å². The van der Waals surface area contributed by atoms with E-state index < -0.39 is 11.6 Å². The molecule has 0 spiro atoms. The second kappa shape index (κ2) is 41.4. The fraction of sp³-hybridized carbons (Fsp3) is 0.807. The van der Waals surface area contributed by atoms with Gasteiger partial charge in [-0.15, -0.1) is 0 Å². The van der Waals surface area contributed by atoms with E-state index in [1.165, 1.54) is 90.9 Å². The fourth-order valence-corrected chi connectivity index (χ4v) is 17.0. The first-order chi connectivity index (χ1) is 36.8. The fourth-order valence-electron chi connectivity index (χ4n) is 8.44. The quantitative estimate of drug-likeness (QED) is 0.200. The van der Waals surface area contributed by atoms with Crippen molar-refractivity contribution in [1.82, 2.24) is 0 Å². The van der Waals surface area contributed by atoms with Gasteiger partial charge in [-0.25, -0.2) is 0 Å². The number of carboxylic acids is 1. The Labute approximate surface area is 519 Å². The summed E-state index contributed by atoms with van der Waals surface area (Å²) in [6, 6.07) is 0. The van der Waals surface area contributed by atoms with E-state index in [2.05, 4.69) is 34.6 Å². The van der Waals surface area contributed by atoms with Crippen molar-refractivity contribution in [3.8, 4) is 0 Å². The van der Waals surface area contributed by atoms with Crippen LogP contribution >= 0.6 is 108 Å². The molecule has 23 heteroatoms. The maximum absolute atomic E-state index is 11.1. The van der Waals surface area contributed by atoms with Crippen molar-refractivity contribution < 1.29 is 68.1 Å². The third-order valence-electron chi connectivity index (χ3n) is 13.7. The first kappa shape index (κ1) is 79.2. The van der Waals surface area contributed by atoms with Crippen molar-refractivity contribution >= 4 is 165 Å². The minimum Gasteiger partial charge on any atom is -0.481 e. The highest BCUT2D eigenvalue weighted by atomic mass is 32.2. The lowest BCUT2D eigenvalue weighted by molar-refractivity contribution is -0.141. The highest BCUT2D eigenvalue weighted by molar-refractivity contribution is 8.26. The predicted molar refractivity (Wildman–Crippen MR) is 344 cm³/mol. The summed E-state index contributed by atoms with van der Waals surface area (Å²) in [7, 11) is 0. The van der Waals surface area contributed by atoms with E-state index in [1.54, 1.807) is 18.7 Å². The average molecular weight is 1290 g/mol. The smallest absolute Gasteiger partial charge is 0.307 e. The van der Waals surface area contributed by atoms with Crippen LogP contribution in [0, 0.1) is 23.2 Å². The Hall–Kier alpha value is -0.760. The second-order valence-electron chi connectivity index (χ2n) is 22.9. The van der Waals surface area contributed by atoms with Gasteiger partial charge >= 0.3 is 5.97 Å². The first-order valence-electron chi connectivity index (χ1n) is 27.9. The van der Waals surface area contributed by atoms with E-state index in [0.717, 1.165) is 112 Å². The zero-order valence-electron chi connectivity index (χ0n) is 49.1. The number of Topliss-reactive ketones (excluding diaryl/α,β-unsaturated/α-hetero) is 1. The molecular formula is C57H94O14S9. The summed E-state index contributed by atoms with van der Waals surface area (Å²) in [6.07, 6.45) is 19.5. The van der Waals surface area contributed by atoms with E-state index in [9.17, 15) is 57.8 Å². The third kappa shape index (κ3) is 36.9. The molecule has 6 atom stereocenters. The van der Waals surface area contributed by atoms with Gasteiger partial charge in [-0.05, 0) is 135 Å². The third-order valence-corrected chi connectivity index (χ3v) is 23.0. The van der Waals surface area contributed by atoms with Gasteiger partial charge in [-0.1, -0.05) is 130 Å². The summed E-state index contributed by atoms with van der Waals surface area (Å²) in [4.78, 5) is 119. The molecule has 460 valence electrons. The molecule has 0 aromatic carbocycles. The van der Waals surface area contributed by atoms with Crippen LogP contribution in [-0.4, -0.2) is 123 Å². The summed E-state index contributed by atoms with van der Waals surface area (Å²) in [6.45, 7) is 20.5. The molecule has 0 saturated carbocycles. The lowest BCUT2D eigenvalue weighted by Gasteiger charge is -2.34. The van der Waals surface area contributed by atoms with Crippen molar-refractivity contribution in [3.63, 3.8) is 0 Å². The lowest BCUT2D eigenvalue weighted by atomic mass is 9.89. The van der Waals surface area contributed by atoms with Gasteiger partial charge in [-0.3, -0.25) is 52.7 Å². The molecule has 0 bridgehead atoms. The molecule has 8 saturated heterocycles. The van der Waals surface area contributed by atoms with Crippen molar-refractivity contribution in [1.29, 1.82) is 0 Å². The molecule has 0 aliphatic carbocycles. The van der Waals surface area contributed by atoms with Crippen LogP contribution in [0.1, 0.15) is 217 Å². The van der Waals surface area contributed by atoms with Crippen molar-refractivity contribution in [2.24, 2.45) is 23.2 Å². The van der Waals surface area contributed by atoms with E-state index >= 15 is 0 Å². The highest BCUT2D eigenvalue weighted by Gasteiger charge is 2.36. The van der Waals surface area contributed by atoms with E-state index in [0.29, 0.717) is 81.2 Å². The van der Waals surface area contributed by atoms with Gasteiger partial charge in [0, 0.05) is 101 Å². The Bertz CT molecular complexity index is 1960. The molecule has 0 radical (unpaired) electrons. The number of thioether (sulfide) groups is 8. The molecule has 5 unspecified atom stereocenters. The minimum absolute atomic E-state index is 0. The first-order valence-corrected chi connectivity index (χ1v) is 35.1. The van der Waals surface area contributed by atoms with Gasteiger partial charge in [0.05, 0.1) is 17.9 Å². The molecular weight excluding hydrogens is 1200 g/mol. The molecule has 8 aliphatic rings. The number of hydrogen-bond acceptors (Lipinski definition) is 21. The maximum Gasteiger partial charge on any atom is 0.307 e. The SMILES string of the molecule is CC1(C)CC(=O)CC(=O)S1.CC1(C)CCC(=O)SC1=O.CC1(O)CCSC(=O)C1.CC1CCC(=O)SC1(C)C.CCCC1CCC(=O)SC1.CCC[C@H]1CCCC(=O)S1.O=C1CCC(C(=O)O)CS1.O=C1CCCC(CCO)S1.S. The molecule has 3 N–H and O–H groups in total. The monoisotopic (exact) mass is 1290 g/mol. The van der Waals surface area contributed by atoms with E-state index in [4.69, 9.17) is 10.2 Å². The summed E-state index contributed by atoms with van der Waals surface area (Å²) in [5.41, 5.74) is -0.999. The molecule has 8 rings (SSSR count). The largest absolute Gasteiger partial charge is 0.481 e. The van der Waals surface area contributed by atoms with Crippen LogP contribution in [0.15, 0.2) is 0 Å². The number of ketones is 1. The summed E-state index contributed by atoms with van der Waals surface area (Å²) in [5, 5.41) is 29.2. The molecule has 80 heavy (non-hydrogen) atoms. The maximum atomic E-state index is 11.1.